The van der Waals surface area contributed by atoms with Crippen molar-refractivity contribution in [3.8, 4) is 0 Å². The molecule has 0 radical (unpaired) electrons. The number of benzene rings is 3. The highest BCUT2D eigenvalue weighted by molar-refractivity contribution is 5.28. The molecule has 0 bridgehead atoms. The second-order valence-corrected chi connectivity index (χ2v) is 5.46. The van der Waals surface area contributed by atoms with Crippen LogP contribution in [0.3, 0.4) is 0 Å². The van der Waals surface area contributed by atoms with Crippen LogP contribution in [0.5, 0.6) is 0 Å². The largest absolute Gasteiger partial charge is 0.372 e. The van der Waals surface area contributed by atoms with Gasteiger partial charge in [-0.25, -0.2) is 0 Å². The van der Waals surface area contributed by atoms with E-state index in [9.17, 15) is 0 Å². The molecule has 22 heavy (non-hydrogen) atoms. The van der Waals surface area contributed by atoms with Crippen LogP contribution in [-0.2, 0) is 24.4 Å². The monoisotopic (exact) mass is 288 g/mol. The predicted molar refractivity (Wildman–Crippen MR) is 90.6 cm³/mol. The van der Waals surface area contributed by atoms with E-state index in [-0.39, 0.29) is 0 Å². The summed E-state index contributed by atoms with van der Waals surface area (Å²) < 4.78 is 5.76. The minimum atomic E-state index is 0.653. The van der Waals surface area contributed by atoms with Crippen molar-refractivity contribution in [2.75, 3.05) is 0 Å². The summed E-state index contributed by atoms with van der Waals surface area (Å²) in [6, 6.07) is 29.5. The Hall–Kier alpha value is -2.38. The third-order valence-corrected chi connectivity index (χ3v) is 3.65. The van der Waals surface area contributed by atoms with Crippen LogP contribution in [0.4, 0.5) is 0 Å². The Morgan fingerprint density at radius 1 is 0.455 bits per heavy atom. The summed E-state index contributed by atoms with van der Waals surface area (Å²) >= 11 is 0. The summed E-state index contributed by atoms with van der Waals surface area (Å²) in [4.78, 5) is 0. The molecular weight excluding hydrogens is 268 g/mol. The van der Waals surface area contributed by atoms with Gasteiger partial charge in [-0.1, -0.05) is 84.9 Å². The maximum absolute atomic E-state index is 5.76. The molecule has 0 aliphatic heterocycles. The molecule has 0 fully saturated rings. The second-order valence-electron chi connectivity index (χ2n) is 5.46. The summed E-state index contributed by atoms with van der Waals surface area (Å²) in [5, 5.41) is 0. The molecule has 1 heteroatoms. The first-order valence-corrected chi connectivity index (χ1v) is 7.63. The number of hydrogen-bond acceptors (Lipinski definition) is 1. The van der Waals surface area contributed by atoms with E-state index >= 15 is 0 Å². The van der Waals surface area contributed by atoms with Crippen LogP contribution >= 0.6 is 0 Å². The molecule has 3 aromatic carbocycles. The maximum Gasteiger partial charge on any atom is 0.0721 e. The number of rotatable bonds is 6. The number of hydrogen-bond donors (Lipinski definition) is 0. The molecule has 0 atom stereocenters. The molecule has 0 aliphatic rings. The van der Waals surface area contributed by atoms with Crippen molar-refractivity contribution in [2.45, 2.75) is 19.6 Å². The molecular formula is C21H20O. The Labute approximate surface area is 132 Å². The highest BCUT2D eigenvalue weighted by Crippen LogP contribution is 2.12. The molecule has 0 saturated carbocycles. The molecule has 0 amide bonds. The molecule has 0 aromatic heterocycles. The van der Waals surface area contributed by atoms with E-state index in [0.29, 0.717) is 13.2 Å². The van der Waals surface area contributed by atoms with Gasteiger partial charge in [-0.15, -0.1) is 0 Å². The van der Waals surface area contributed by atoms with E-state index in [1.165, 1.54) is 22.3 Å². The lowest BCUT2D eigenvalue weighted by atomic mass is 10.0. The topological polar surface area (TPSA) is 9.23 Å². The summed E-state index contributed by atoms with van der Waals surface area (Å²) in [6.45, 7) is 1.31. The van der Waals surface area contributed by atoms with E-state index in [0.717, 1.165) is 6.42 Å². The van der Waals surface area contributed by atoms with E-state index in [1.807, 2.05) is 18.2 Å². The molecule has 110 valence electrons. The van der Waals surface area contributed by atoms with Crippen molar-refractivity contribution in [3.05, 3.63) is 107 Å². The highest BCUT2D eigenvalue weighted by atomic mass is 16.5. The zero-order chi connectivity index (χ0) is 15.0. The first-order chi connectivity index (χ1) is 10.9. The molecule has 3 rings (SSSR count). The smallest absolute Gasteiger partial charge is 0.0721 e. The van der Waals surface area contributed by atoms with Crippen LogP contribution in [0.25, 0.3) is 0 Å². The van der Waals surface area contributed by atoms with Crippen LogP contribution in [-0.4, -0.2) is 0 Å². The minimum Gasteiger partial charge on any atom is -0.372 e. The van der Waals surface area contributed by atoms with Gasteiger partial charge in [-0.3, -0.25) is 0 Å². The van der Waals surface area contributed by atoms with Crippen molar-refractivity contribution in [3.63, 3.8) is 0 Å². The fraction of sp³-hybridized carbons (Fsp3) is 0.143. The van der Waals surface area contributed by atoms with Crippen LogP contribution in [0.1, 0.15) is 22.3 Å². The normalized spacial score (nSPS) is 10.5. The fourth-order valence-corrected chi connectivity index (χ4v) is 2.45. The number of ether oxygens (including phenoxy) is 1. The average Bonchev–Trinajstić information content (AvgIpc) is 2.58. The first-order valence-electron chi connectivity index (χ1n) is 7.63. The van der Waals surface area contributed by atoms with Gasteiger partial charge in [-0.05, 0) is 28.7 Å². The van der Waals surface area contributed by atoms with E-state index in [4.69, 9.17) is 4.74 Å². The van der Waals surface area contributed by atoms with Gasteiger partial charge < -0.3 is 4.74 Å². The molecule has 0 N–H and O–H groups in total. The van der Waals surface area contributed by atoms with Gasteiger partial charge in [0.1, 0.15) is 0 Å². The molecule has 0 unspecified atom stereocenters. The highest BCUT2D eigenvalue weighted by Gasteiger charge is 1.98. The van der Waals surface area contributed by atoms with Gasteiger partial charge in [0.15, 0.2) is 0 Å². The Balaban J connectivity index is 1.51. The van der Waals surface area contributed by atoms with Gasteiger partial charge >= 0.3 is 0 Å². The Kier molecular flexibility index (Phi) is 5.01. The predicted octanol–water partition coefficient (Wildman–Crippen LogP) is 4.99. The van der Waals surface area contributed by atoms with Crippen LogP contribution < -0.4 is 0 Å². The lowest BCUT2D eigenvalue weighted by Crippen LogP contribution is -1.95. The molecule has 0 saturated heterocycles. The van der Waals surface area contributed by atoms with Crippen LogP contribution in [0.15, 0.2) is 84.9 Å². The second kappa shape index (κ2) is 7.58. The first kappa shape index (κ1) is 14.6. The summed E-state index contributed by atoms with van der Waals surface area (Å²) in [7, 11) is 0. The zero-order valence-electron chi connectivity index (χ0n) is 12.6. The molecule has 3 aromatic rings. The Morgan fingerprint density at radius 2 is 0.864 bits per heavy atom. The Morgan fingerprint density at radius 3 is 1.45 bits per heavy atom. The molecule has 0 spiro atoms. The summed E-state index contributed by atoms with van der Waals surface area (Å²) in [5.41, 5.74) is 5.10. The van der Waals surface area contributed by atoms with Crippen molar-refractivity contribution >= 4 is 0 Å². The lowest BCUT2D eigenvalue weighted by molar-refractivity contribution is 0.107. The zero-order valence-corrected chi connectivity index (χ0v) is 12.6. The third-order valence-electron chi connectivity index (χ3n) is 3.65. The quantitative estimate of drug-likeness (QED) is 0.620. The van der Waals surface area contributed by atoms with E-state index in [1.54, 1.807) is 0 Å². The van der Waals surface area contributed by atoms with Gasteiger partial charge in [0.05, 0.1) is 13.2 Å². The van der Waals surface area contributed by atoms with Crippen molar-refractivity contribution < 1.29 is 4.74 Å². The maximum atomic E-state index is 5.76. The van der Waals surface area contributed by atoms with Crippen LogP contribution in [0.2, 0.25) is 0 Å². The summed E-state index contributed by atoms with van der Waals surface area (Å²) in [5.74, 6) is 0. The van der Waals surface area contributed by atoms with Gasteiger partial charge in [0.2, 0.25) is 0 Å². The van der Waals surface area contributed by atoms with Crippen LogP contribution in [0, 0.1) is 0 Å². The van der Waals surface area contributed by atoms with Gasteiger partial charge in [0, 0.05) is 0 Å². The van der Waals surface area contributed by atoms with Crippen molar-refractivity contribution in [1.82, 2.24) is 0 Å². The fourth-order valence-electron chi connectivity index (χ4n) is 2.45. The van der Waals surface area contributed by atoms with E-state index < -0.39 is 0 Å². The standard InChI is InChI=1S/C21H20O/c1-3-7-18(8-4-1)15-19-11-13-21(14-12-19)17-22-16-20-9-5-2-6-10-20/h1-14H,15-17H2. The average molecular weight is 288 g/mol. The minimum absolute atomic E-state index is 0.653. The summed E-state index contributed by atoms with van der Waals surface area (Å²) in [6.07, 6.45) is 0.978. The van der Waals surface area contributed by atoms with E-state index in [2.05, 4.69) is 66.7 Å². The van der Waals surface area contributed by atoms with Gasteiger partial charge in [-0.2, -0.15) is 0 Å². The van der Waals surface area contributed by atoms with Crippen molar-refractivity contribution in [1.29, 1.82) is 0 Å². The van der Waals surface area contributed by atoms with Crippen molar-refractivity contribution in [2.24, 2.45) is 0 Å². The van der Waals surface area contributed by atoms with Gasteiger partial charge in [0.25, 0.3) is 0 Å². The molecule has 0 heterocycles. The molecule has 1 nitrogen and oxygen atoms in total. The lowest BCUT2D eigenvalue weighted by Gasteiger charge is -2.06. The Bertz CT molecular complexity index is 672. The SMILES string of the molecule is c1ccc(COCc2ccc(Cc3ccccc3)cc2)cc1. The third kappa shape index (κ3) is 4.31. The molecule has 0 aliphatic carbocycles.